The van der Waals surface area contributed by atoms with Crippen molar-refractivity contribution in [3.63, 3.8) is 0 Å². The maximum Gasteiger partial charge on any atom is 0.236 e. The van der Waals surface area contributed by atoms with Crippen LogP contribution in [0.4, 0.5) is 0 Å². The number of rotatable bonds is 8. The van der Waals surface area contributed by atoms with E-state index in [4.69, 9.17) is 5.73 Å². The van der Waals surface area contributed by atoms with Crippen molar-refractivity contribution in [2.45, 2.75) is 32.1 Å². The van der Waals surface area contributed by atoms with Crippen LogP contribution in [-0.4, -0.2) is 48.0 Å². The summed E-state index contributed by atoms with van der Waals surface area (Å²) in [6.45, 7) is 6.70. The van der Waals surface area contributed by atoms with E-state index in [0.717, 1.165) is 30.6 Å². The van der Waals surface area contributed by atoms with Crippen molar-refractivity contribution < 1.29 is 14.7 Å². The van der Waals surface area contributed by atoms with E-state index in [1.165, 1.54) is 0 Å². The van der Waals surface area contributed by atoms with Gasteiger partial charge in [0.15, 0.2) is 0 Å². The zero-order valence-corrected chi connectivity index (χ0v) is 18.4. The normalized spacial score (nSPS) is 22.6. The Morgan fingerprint density at radius 2 is 1.97 bits per heavy atom. The van der Waals surface area contributed by atoms with E-state index in [2.05, 4.69) is 30.1 Å². The van der Waals surface area contributed by atoms with E-state index in [1.54, 1.807) is 6.07 Å². The van der Waals surface area contributed by atoms with Gasteiger partial charge in [-0.3, -0.25) is 9.59 Å². The number of amides is 2. The number of nitrogens with zero attached hydrogens (tertiary/aromatic N) is 1. The molecule has 2 amide bonds. The Morgan fingerprint density at radius 3 is 2.61 bits per heavy atom. The summed E-state index contributed by atoms with van der Waals surface area (Å²) in [7, 11) is 0. The molecule has 166 valence electrons. The number of benzene rings is 2. The molecule has 1 aliphatic heterocycles. The first-order valence-electron chi connectivity index (χ1n) is 10.9. The van der Waals surface area contributed by atoms with Gasteiger partial charge < -0.3 is 21.1 Å². The molecular formula is C25H33N3O3. The van der Waals surface area contributed by atoms with Gasteiger partial charge in [-0.05, 0) is 54.0 Å². The second-order valence-electron chi connectivity index (χ2n) is 8.95. The van der Waals surface area contributed by atoms with Gasteiger partial charge in [-0.2, -0.15) is 0 Å². The number of hydrogen-bond acceptors (Lipinski definition) is 4. The van der Waals surface area contributed by atoms with Gasteiger partial charge in [0.05, 0.1) is 12.5 Å². The quantitative estimate of drug-likeness (QED) is 0.608. The molecule has 1 aliphatic rings. The number of nitrogens with one attached hydrogen (secondary N) is 1. The van der Waals surface area contributed by atoms with Gasteiger partial charge >= 0.3 is 0 Å². The first-order chi connectivity index (χ1) is 14.8. The second kappa shape index (κ2) is 9.96. The molecule has 1 fully saturated rings. The number of primary amides is 1. The van der Waals surface area contributed by atoms with Crippen LogP contribution in [0, 0.1) is 11.8 Å². The first kappa shape index (κ1) is 22.8. The lowest BCUT2D eigenvalue weighted by molar-refractivity contribution is -0.128. The molecular weight excluding hydrogens is 390 g/mol. The molecule has 0 aliphatic carbocycles. The van der Waals surface area contributed by atoms with Crippen LogP contribution in [0.2, 0.25) is 0 Å². The Balaban J connectivity index is 1.69. The highest BCUT2D eigenvalue weighted by atomic mass is 16.3. The molecule has 2 aromatic rings. The highest BCUT2D eigenvalue weighted by Crippen LogP contribution is 2.40. The smallest absolute Gasteiger partial charge is 0.236 e. The molecule has 0 radical (unpaired) electrons. The number of phenols is 1. The fraction of sp³-hybridized carbons (Fsp3) is 0.440. The largest absolute Gasteiger partial charge is 0.508 e. The summed E-state index contributed by atoms with van der Waals surface area (Å²) in [4.78, 5) is 26.3. The van der Waals surface area contributed by atoms with Crippen molar-refractivity contribution in [3.05, 3.63) is 65.7 Å². The second-order valence-corrected chi connectivity index (χ2v) is 8.95. The van der Waals surface area contributed by atoms with E-state index in [0.29, 0.717) is 24.6 Å². The van der Waals surface area contributed by atoms with Gasteiger partial charge in [-0.15, -0.1) is 0 Å². The summed E-state index contributed by atoms with van der Waals surface area (Å²) >= 11 is 0. The number of carbonyl (C=O) groups is 2. The van der Waals surface area contributed by atoms with Crippen molar-refractivity contribution in [1.29, 1.82) is 0 Å². The van der Waals surface area contributed by atoms with Crippen molar-refractivity contribution in [2.24, 2.45) is 17.6 Å². The minimum absolute atomic E-state index is 0.0294. The Bertz CT molecular complexity index is 902. The molecule has 0 spiro atoms. The summed E-state index contributed by atoms with van der Waals surface area (Å²) in [6.07, 6.45) is 1.55. The monoisotopic (exact) mass is 423 g/mol. The molecule has 31 heavy (non-hydrogen) atoms. The predicted octanol–water partition coefficient (Wildman–Crippen LogP) is 2.45. The van der Waals surface area contributed by atoms with Crippen LogP contribution in [0.25, 0.3) is 0 Å². The van der Waals surface area contributed by atoms with Gasteiger partial charge in [0.2, 0.25) is 11.8 Å². The maximum absolute atomic E-state index is 12.8. The maximum atomic E-state index is 12.8. The number of nitrogens with two attached hydrogens (primary N) is 1. The van der Waals surface area contributed by atoms with Crippen LogP contribution in [0.5, 0.6) is 5.75 Å². The number of aromatic hydroxyl groups is 1. The fourth-order valence-electron chi connectivity index (χ4n) is 4.54. The van der Waals surface area contributed by atoms with E-state index in [-0.39, 0.29) is 23.8 Å². The average molecular weight is 424 g/mol. The van der Waals surface area contributed by atoms with Crippen molar-refractivity contribution >= 4 is 11.8 Å². The molecule has 3 unspecified atom stereocenters. The zero-order valence-electron chi connectivity index (χ0n) is 18.4. The Kier molecular flexibility index (Phi) is 7.33. The highest BCUT2D eigenvalue weighted by molar-refractivity contribution is 5.85. The Morgan fingerprint density at radius 1 is 1.23 bits per heavy atom. The Labute approximate surface area is 184 Å². The average Bonchev–Trinajstić information content (AvgIpc) is 2.75. The molecule has 0 aromatic heterocycles. The topological polar surface area (TPSA) is 95.7 Å². The molecule has 3 rings (SSSR count). The summed E-state index contributed by atoms with van der Waals surface area (Å²) in [6, 6.07) is 17.5. The minimum Gasteiger partial charge on any atom is -0.508 e. The summed E-state index contributed by atoms with van der Waals surface area (Å²) in [5.41, 5.74) is 7.43. The van der Waals surface area contributed by atoms with E-state index in [1.807, 2.05) is 42.5 Å². The third-order valence-corrected chi connectivity index (χ3v) is 6.68. The lowest BCUT2D eigenvalue weighted by Crippen LogP contribution is -2.50. The molecule has 1 heterocycles. The lowest BCUT2D eigenvalue weighted by Gasteiger charge is -2.45. The predicted molar refractivity (Wildman–Crippen MR) is 122 cm³/mol. The molecule has 6 heteroatoms. The van der Waals surface area contributed by atoms with Crippen LogP contribution in [0.3, 0.4) is 0 Å². The molecule has 2 aromatic carbocycles. The van der Waals surface area contributed by atoms with Gasteiger partial charge in [0, 0.05) is 13.1 Å². The summed E-state index contributed by atoms with van der Waals surface area (Å²) in [5, 5.41) is 12.6. The van der Waals surface area contributed by atoms with Gasteiger partial charge in [0.25, 0.3) is 0 Å². The van der Waals surface area contributed by atoms with Crippen LogP contribution in [0.15, 0.2) is 54.6 Å². The molecule has 1 saturated heterocycles. The van der Waals surface area contributed by atoms with Crippen LogP contribution in [0.1, 0.15) is 31.4 Å². The number of carbonyl (C=O) groups excluding carboxylic acids is 2. The van der Waals surface area contributed by atoms with Crippen LogP contribution >= 0.6 is 0 Å². The van der Waals surface area contributed by atoms with Crippen LogP contribution < -0.4 is 11.1 Å². The first-order valence-corrected chi connectivity index (χ1v) is 10.9. The van der Waals surface area contributed by atoms with Gasteiger partial charge in [0.1, 0.15) is 5.75 Å². The fourth-order valence-corrected chi connectivity index (χ4v) is 4.54. The third-order valence-electron chi connectivity index (χ3n) is 6.68. The summed E-state index contributed by atoms with van der Waals surface area (Å²) in [5.74, 6) is -0.299. The Hall–Kier alpha value is -2.86. The van der Waals surface area contributed by atoms with E-state index in [9.17, 15) is 14.7 Å². The highest BCUT2D eigenvalue weighted by Gasteiger charge is 2.39. The SMILES string of the molecule is CC1CN(CC(Cc2ccccc2)C(=O)NCC(N)=O)CCC1(C)c1cccc(O)c1. The third kappa shape index (κ3) is 5.85. The molecule has 6 nitrogen and oxygen atoms in total. The molecule has 0 saturated carbocycles. The number of phenolic OH excluding ortho intramolecular Hbond substituents is 1. The number of hydrogen-bond donors (Lipinski definition) is 3. The minimum atomic E-state index is -0.541. The van der Waals surface area contributed by atoms with Crippen LogP contribution in [-0.2, 0) is 21.4 Å². The van der Waals surface area contributed by atoms with E-state index < -0.39 is 5.91 Å². The van der Waals surface area contributed by atoms with Crippen molar-refractivity contribution in [2.75, 3.05) is 26.2 Å². The summed E-state index contributed by atoms with van der Waals surface area (Å²) < 4.78 is 0. The number of likely N-dealkylation sites (tertiary alicyclic amines) is 1. The van der Waals surface area contributed by atoms with Gasteiger partial charge in [-0.25, -0.2) is 0 Å². The van der Waals surface area contributed by atoms with Gasteiger partial charge in [-0.1, -0.05) is 56.3 Å². The lowest BCUT2D eigenvalue weighted by atomic mass is 9.68. The molecule has 3 atom stereocenters. The zero-order chi connectivity index (χ0) is 22.4. The molecule has 0 bridgehead atoms. The van der Waals surface area contributed by atoms with E-state index >= 15 is 0 Å². The van der Waals surface area contributed by atoms with Crippen molar-refractivity contribution in [1.82, 2.24) is 10.2 Å². The van der Waals surface area contributed by atoms with Crippen molar-refractivity contribution in [3.8, 4) is 5.75 Å². The standard InChI is InChI=1S/C25H33N3O3/c1-18-16-28(12-11-25(18,2)21-9-6-10-22(29)14-21)17-20(24(31)27-15-23(26)30)13-19-7-4-3-5-8-19/h3-10,14,18,20,29H,11-13,15-17H2,1-2H3,(H2,26,30)(H,27,31). The number of piperidine rings is 1. The molecule has 4 N–H and O–H groups in total.